The van der Waals surface area contributed by atoms with Gasteiger partial charge in [0, 0.05) is 18.5 Å². The number of carbonyl (C=O) groups is 1. The van der Waals surface area contributed by atoms with E-state index in [0.717, 1.165) is 41.1 Å². The topological polar surface area (TPSA) is 83.3 Å². The van der Waals surface area contributed by atoms with Crippen molar-refractivity contribution in [1.29, 1.82) is 0 Å². The molecule has 2 aromatic rings. The van der Waals surface area contributed by atoms with E-state index < -0.39 is 23.9 Å². The highest BCUT2D eigenvalue weighted by molar-refractivity contribution is 6.62. The van der Waals surface area contributed by atoms with Crippen molar-refractivity contribution in [2.24, 2.45) is 0 Å². The number of nitrogens with zero attached hydrogens (tertiary/aromatic N) is 2. The summed E-state index contributed by atoms with van der Waals surface area (Å²) in [5.74, 6) is 2.06. The first-order valence-corrected chi connectivity index (χ1v) is 12.5. The fourth-order valence-corrected chi connectivity index (χ4v) is 4.69. The van der Waals surface area contributed by atoms with Crippen LogP contribution in [0.15, 0.2) is 22.6 Å². The quantitative estimate of drug-likeness (QED) is 0.577. The van der Waals surface area contributed by atoms with E-state index in [1.165, 1.54) is 0 Å². The van der Waals surface area contributed by atoms with E-state index in [-0.39, 0.29) is 12.1 Å². The monoisotopic (exact) mass is 482 g/mol. The Morgan fingerprint density at radius 1 is 1.17 bits per heavy atom. The van der Waals surface area contributed by atoms with Gasteiger partial charge in [-0.05, 0) is 78.9 Å². The fraction of sp³-hybridized carbons (Fsp3) is 0.615. The molecule has 1 amide bonds. The average molecular weight is 482 g/mol. The van der Waals surface area contributed by atoms with Crippen LogP contribution >= 0.6 is 0 Å². The van der Waals surface area contributed by atoms with Gasteiger partial charge in [-0.25, -0.2) is 9.78 Å². The summed E-state index contributed by atoms with van der Waals surface area (Å²) in [5.41, 5.74) is 1.16. The van der Waals surface area contributed by atoms with Crippen LogP contribution in [0.2, 0.25) is 0 Å². The van der Waals surface area contributed by atoms with Crippen molar-refractivity contribution in [3.8, 4) is 17.0 Å². The number of hydrogen-bond donors (Lipinski definition) is 0. The summed E-state index contributed by atoms with van der Waals surface area (Å²) in [4.78, 5) is 19.4. The molecule has 0 unspecified atom stereocenters. The zero-order valence-corrected chi connectivity index (χ0v) is 21.8. The zero-order chi connectivity index (χ0) is 25.2. The van der Waals surface area contributed by atoms with Gasteiger partial charge in [0.25, 0.3) is 0 Å². The number of fused-ring (bicyclic) bond motifs is 3. The molecule has 0 aliphatic carbocycles. The molecule has 3 aliphatic rings. The minimum absolute atomic E-state index is 0.231. The van der Waals surface area contributed by atoms with Gasteiger partial charge in [0.15, 0.2) is 0 Å². The van der Waals surface area contributed by atoms with Gasteiger partial charge in [-0.1, -0.05) is 6.07 Å². The second kappa shape index (κ2) is 8.27. The lowest BCUT2D eigenvalue weighted by Gasteiger charge is -2.32. The summed E-state index contributed by atoms with van der Waals surface area (Å²) < 4.78 is 30.4. The molecule has 2 saturated heterocycles. The molecule has 1 atom stereocenters. The number of likely N-dealkylation sites (tertiary alicyclic amines) is 1. The molecule has 188 valence electrons. The minimum atomic E-state index is -0.552. The lowest BCUT2D eigenvalue weighted by atomic mass is 9.78. The first-order chi connectivity index (χ1) is 16.3. The molecular formula is C26H35BN2O6. The predicted molar refractivity (Wildman–Crippen MR) is 132 cm³/mol. The third-order valence-electron chi connectivity index (χ3n) is 7.25. The predicted octanol–water partition coefficient (Wildman–Crippen LogP) is 4.65. The molecule has 4 heterocycles. The van der Waals surface area contributed by atoms with Crippen LogP contribution in [0.3, 0.4) is 0 Å². The van der Waals surface area contributed by atoms with E-state index in [4.69, 9.17) is 28.2 Å². The molecule has 5 rings (SSSR count). The summed E-state index contributed by atoms with van der Waals surface area (Å²) >= 11 is 0. The van der Waals surface area contributed by atoms with Crippen LogP contribution in [-0.4, -0.2) is 53.1 Å². The lowest BCUT2D eigenvalue weighted by molar-refractivity contribution is 0.00578. The van der Waals surface area contributed by atoms with Gasteiger partial charge in [0.05, 0.1) is 17.8 Å². The maximum absolute atomic E-state index is 12.8. The normalized spacial score (nSPS) is 22.9. The van der Waals surface area contributed by atoms with Gasteiger partial charge in [0.2, 0.25) is 5.89 Å². The van der Waals surface area contributed by atoms with Gasteiger partial charge >= 0.3 is 13.2 Å². The van der Waals surface area contributed by atoms with E-state index in [2.05, 4.69) is 0 Å². The molecule has 0 saturated carbocycles. The standard InChI is InChI=1S/C26H35BN2O6/c1-24(2,3)33-23(30)29-13-8-9-18(29)22-28-21-17-11-10-16(15-20(17)31-14-12-19(21)32-22)27-34-25(4,5)26(6,7)35-27/h10-11,15,18H,8-9,12-14H2,1-7H3/t18-/m0/s1. The Kier molecular flexibility index (Phi) is 5.72. The third-order valence-corrected chi connectivity index (χ3v) is 7.25. The number of amides is 1. The van der Waals surface area contributed by atoms with E-state index in [9.17, 15) is 4.79 Å². The van der Waals surface area contributed by atoms with E-state index in [1.54, 1.807) is 4.90 Å². The number of rotatable bonds is 2. The molecule has 0 N–H and O–H groups in total. The van der Waals surface area contributed by atoms with Crippen LogP contribution in [0.1, 0.15) is 79.0 Å². The Morgan fingerprint density at radius 3 is 2.57 bits per heavy atom. The Hall–Kier alpha value is -2.52. The summed E-state index contributed by atoms with van der Waals surface area (Å²) in [5, 5.41) is 0. The van der Waals surface area contributed by atoms with Gasteiger partial charge < -0.3 is 23.2 Å². The number of ether oxygens (including phenoxy) is 2. The second-order valence-corrected chi connectivity index (χ2v) is 11.6. The highest BCUT2D eigenvalue weighted by Crippen LogP contribution is 2.41. The molecule has 1 aromatic heterocycles. The van der Waals surface area contributed by atoms with Crippen molar-refractivity contribution < 1.29 is 28.0 Å². The largest absolute Gasteiger partial charge is 0.494 e. The Morgan fingerprint density at radius 2 is 1.89 bits per heavy atom. The van der Waals surface area contributed by atoms with Crippen LogP contribution in [0.5, 0.6) is 5.75 Å². The van der Waals surface area contributed by atoms with Gasteiger partial charge in [0.1, 0.15) is 28.8 Å². The number of carbonyl (C=O) groups excluding carboxylic acids is 1. The maximum atomic E-state index is 12.8. The molecular weight excluding hydrogens is 447 g/mol. The van der Waals surface area contributed by atoms with Crippen LogP contribution in [0.4, 0.5) is 4.79 Å². The van der Waals surface area contributed by atoms with Crippen LogP contribution in [-0.2, 0) is 20.5 Å². The number of aromatic nitrogens is 1. The SMILES string of the molecule is CC(C)(C)OC(=O)N1CCC[C@H]1c1nc2c(o1)CCOc1cc(B3OC(C)(C)C(C)(C)O3)ccc1-2. The summed E-state index contributed by atoms with van der Waals surface area (Å²) in [6.45, 7) is 14.9. The lowest BCUT2D eigenvalue weighted by Crippen LogP contribution is -2.41. The zero-order valence-electron chi connectivity index (χ0n) is 21.8. The summed E-state index contributed by atoms with van der Waals surface area (Å²) in [7, 11) is -0.467. The second-order valence-electron chi connectivity index (χ2n) is 11.6. The average Bonchev–Trinajstić information content (AvgIpc) is 3.40. The molecule has 3 aliphatic heterocycles. The fourth-order valence-electron chi connectivity index (χ4n) is 4.69. The van der Waals surface area contributed by atoms with E-state index in [0.29, 0.717) is 25.5 Å². The smallest absolute Gasteiger partial charge is 0.492 e. The number of hydrogen-bond acceptors (Lipinski definition) is 7. The van der Waals surface area contributed by atoms with Crippen LogP contribution in [0, 0.1) is 0 Å². The van der Waals surface area contributed by atoms with Crippen molar-refractivity contribution in [3.63, 3.8) is 0 Å². The van der Waals surface area contributed by atoms with Gasteiger partial charge in [-0.3, -0.25) is 4.90 Å². The van der Waals surface area contributed by atoms with Crippen LogP contribution < -0.4 is 10.2 Å². The molecule has 35 heavy (non-hydrogen) atoms. The van der Waals surface area contributed by atoms with Crippen molar-refractivity contribution in [3.05, 3.63) is 29.9 Å². The molecule has 8 nitrogen and oxygen atoms in total. The Balaban J connectivity index is 1.43. The van der Waals surface area contributed by atoms with E-state index in [1.807, 2.05) is 66.7 Å². The van der Waals surface area contributed by atoms with Crippen molar-refractivity contribution in [2.45, 2.75) is 90.6 Å². The Labute approximate surface area is 207 Å². The number of benzene rings is 1. The first kappa shape index (κ1) is 24.2. The highest BCUT2D eigenvalue weighted by atomic mass is 16.7. The molecule has 0 radical (unpaired) electrons. The summed E-state index contributed by atoms with van der Waals surface area (Å²) in [6.07, 6.45) is 1.95. The van der Waals surface area contributed by atoms with Crippen molar-refractivity contribution in [1.82, 2.24) is 9.88 Å². The van der Waals surface area contributed by atoms with E-state index >= 15 is 0 Å². The molecule has 2 fully saturated rings. The number of oxazole rings is 1. The minimum Gasteiger partial charge on any atom is -0.492 e. The van der Waals surface area contributed by atoms with Crippen LogP contribution in [0.25, 0.3) is 11.3 Å². The third kappa shape index (κ3) is 4.44. The van der Waals surface area contributed by atoms with Crippen molar-refractivity contribution >= 4 is 18.7 Å². The molecule has 0 bridgehead atoms. The highest BCUT2D eigenvalue weighted by Gasteiger charge is 2.52. The van der Waals surface area contributed by atoms with Gasteiger partial charge in [-0.15, -0.1) is 0 Å². The van der Waals surface area contributed by atoms with Crippen molar-refractivity contribution in [2.75, 3.05) is 13.2 Å². The van der Waals surface area contributed by atoms with Gasteiger partial charge in [-0.2, -0.15) is 0 Å². The maximum Gasteiger partial charge on any atom is 0.494 e. The molecule has 1 aromatic carbocycles. The molecule has 0 spiro atoms. The summed E-state index contributed by atoms with van der Waals surface area (Å²) in [6, 6.07) is 5.73. The first-order valence-electron chi connectivity index (χ1n) is 12.5. The Bertz CT molecular complexity index is 1120. The molecule has 9 heteroatoms.